The molecule has 3 rings (SSSR count). The van der Waals surface area contributed by atoms with Crippen molar-refractivity contribution in [3.8, 4) is 11.5 Å². The third-order valence-electron chi connectivity index (χ3n) is 4.48. The van der Waals surface area contributed by atoms with Gasteiger partial charge >= 0.3 is 5.69 Å². The van der Waals surface area contributed by atoms with Crippen LogP contribution in [0.15, 0.2) is 18.2 Å². The zero-order valence-electron chi connectivity index (χ0n) is 14.7. The van der Waals surface area contributed by atoms with Crippen molar-refractivity contribution in [2.75, 3.05) is 7.11 Å². The summed E-state index contributed by atoms with van der Waals surface area (Å²) in [5.74, 6) is 1.29. The molecule has 2 aromatic rings. The molecule has 0 radical (unpaired) electrons. The molecule has 1 saturated carbocycles. The van der Waals surface area contributed by atoms with Crippen LogP contribution in [0.5, 0.6) is 11.5 Å². The van der Waals surface area contributed by atoms with E-state index in [2.05, 4.69) is 9.97 Å². The van der Waals surface area contributed by atoms with Gasteiger partial charge in [0.05, 0.1) is 18.1 Å². The number of aromatic nitrogens is 2. The SMILES string of the molecule is COc1ccc(Cc2nc(Cl)nc(C)c2[N+](=O)[O-])cc1OC1CCCC1. The van der Waals surface area contributed by atoms with Gasteiger partial charge in [-0.05, 0) is 61.9 Å². The van der Waals surface area contributed by atoms with Crippen LogP contribution in [0.25, 0.3) is 0 Å². The highest BCUT2D eigenvalue weighted by Gasteiger charge is 2.23. The molecule has 1 aromatic heterocycles. The average molecular weight is 378 g/mol. The van der Waals surface area contributed by atoms with Crippen molar-refractivity contribution in [1.82, 2.24) is 9.97 Å². The van der Waals surface area contributed by atoms with Gasteiger partial charge in [0, 0.05) is 6.42 Å². The first-order valence-electron chi connectivity index (χ1n) is 8.49. The minimum Gasteiger partial charge on any atom is -0.493 e. The first kappa shape index (κ1) is 18.4. The van der Waals surface area contributed by atoms with Crippen molar-refractivity contribution >= 4 is 17.3 Å². The van der Waals surface area contributed by atoms with Crippen LogP contribution in [-0.2, 0) is 6.42 Å². The Bertz CT molecular complexity index is 822. The Kier molecular flexibility index (Phi) is 5.56. The quantitative estimate of drug-likeness (QED) is 0.424. The van der Waals surface area contributed by atoms with E-state index < -0.39 is 4.92 Å². The van der Waals surface area contributed by atoms with Gasteiger partial charge in [0.25, 0.3) is 0 Å². The summed E-state index contributed by atoms with van der Waals surface area (Å²) in [4.78, 5) is 18.9. The zero-order chi connectivity index (χ0) is 18.7. The van der Waals surface area contributed by atoms with E-state index in [1.54, 1.807) is 20.1 Å². The zero-order valence-corrected chi connectivity index (χ0v) is 15.5. The van der Waals surface area contributed by atoms with Crippen LogP contribution in [0.3, 0.4) is 0 Å². The van der Waals surface area contributed by atoms with Gasteiger partial charge in [-0.2, -0.15) is 0 Å². The van der Waals surface area contributed by atoms with Crippen molar-refractivity contribution in [1.29, 1.82) is 0 Å². The van der Waals surface area contributed by atoms with Crippen LogP contribution < -0.4 is 9.47 Å². The maximum absolute atomic E-state index is 11.4. The van der Waals surface area contributed by atoms with Crippen LogP contribution in [0, 0.1) is 17.0 Å². The van der Waals surface area contributed by atoms with E-state index in [-0.39, 0.29) is 34.9 Å². The molecule has 0 aliphatic heterocycles. The van der Waals surface area contributed by atoms with Gasteiger partial charge in [-0.3, -0.25) is 10.1 Å². The molecule has 0 saturated heterocycles. The first-order chi connectivity index (χ1) is 12.5. The molecule has 7 nitrogen and oxygen atoms in total. The molecule has 0 atom stereocenters. The van der Waals surface area contributed by atoms with E-state index in [1.807, 2.05) is 12.1 Å². The maximum atomic E-state index is 11.4. The summed E-state index contributed by atoms with van der Waals surface area (Å²) < 4.78 is 11.5. The van der Waals surface area contributed by atoms with E-state index in [9.17, 15) is 10.1 Å². The Morgan fingerprint density at radius 3 is 2.65 bits per heavy atom. The molecule has 0 spiro atoms. The lowest BCUT2D eigenvalue weighted by Crippen LogP contribution is -2.12. The van der Waals surface area contributed by atoms with Crippen molar-refractivity contribution in [3.63, 3.8) is 0 Å². The third kappa shape index (κ3) is 4.04. The molecular weight excluding hydrogens is 358 g/mol. The third-order valence-corrected chi connectivity index (χ3v) is 4.65. The van der Waals surface area contributed by atoms with E-state index in [0.717, 1.165) is 31.2 Å². The topological polar surface area (TPSA) is 87.4 Å². The molecule has 1 aromatic carbocycles. The summed E-state index contributed by atoms with van der Waals surface area (Å²) in [6.07, 6.45) is 4.82. The number of ether oxygens (including phenoxy) is 2. The fourth-order valence-electron chi connectivity index (χ4n) is 3.25. The lowest BCUT2D eigenvalue weighted by atomic mass is 10.1. The van der Waals surface area contributed by atoms with Gasteiger partial charge in [0.15, 0.2) is 11.5 Å². The Balaban J connectivity index is 1.92. The van der Waals surface area contributed by atoms with Crippen LogP contribution in [0.1, 0.15) is 42.6 Å². The predicted octanol–water partition coefficient (Wildman–Crippen LogP) is 4.27. The molecule has 0 amide bonds. The monoisotopic (exact) mass is 377 g/mol. The highest BCUT2D eigenvalue weighted by atomic mass is 35.5. The molecule has 1 fully saturated rings. The molecule has 138 valence electrons. The van der Waals surface area contributed by atoms with Crippen molar-refractivity contribution in [3.05, 3.63) is 50.5 Å². The predicted molar refractivity (Wildman–Crippen MR) is 97.1 cm³/mol. The summed E-state index contributed by atoms with van der Waals surface area (Å²) in [5.41, 5.74) is 1.25. The molecule has 1 aliphatic rings. The fraction of sp³-hybridized carbons (Fsp3) is 0.444. The lowest BCUT2D eigenvalue weighted by molar-refractivity contribution is -0.386. The number of hydrogen-bond donors (Lipinski definition) is 0. The van der Waals surface area contributed by atoms with E-state index in [1.165, 1.54) is 0 Å². The number of rotatable bonds is 6. The van der Waals surface area contributed by atoms with Crippen LogP contribution in [-0.4, -0.2) is 28.1 Å². The highest BCUT2D eigenvalue weighted by molar-refractivity contribution is 6.28. The highest BCUT2D eigenvalue weighted by Crippen LogP contribution is 2.34. The van der Waals surface area contributed by atoms with E-state index >= 15 is 0 Å². The van der Waals surface area contributed by atoms with Crippen LogP contribution in [0.4, 0.5) is 5.69 Å². The number of nitro groups is 1. The summed E-state index contributed by atoms with van der Waals surface area (Å²) in [6, 6.07) is 5.50. The summed E-state index contributed by atoms with van der Waals surface area (Å²) >= 11 is 5.90. The number of halogens is 1. The standard InChI is InChI=1S/C18H20ClN3O4/c1-11-17(22(23)24)14(21-18(19)20-11)9-12-7-8-15(25-2)16(10-12)26-13-5-3-4-6-13/h7-8,10,13H,3-6,9H2,1-2H3. The second-order valence-corrected chi connectivity index (χ2v) is 6.65. The Hall–Kier alpha value is -2.41. The lowest BCUT2D eigenvalue weighted by Gasteiger charge is -2.17. The van der Waals surface area contributed by atoms with Gasteiger partial charge in [-0.1, -0.05) is 6.07 Å². The van der Waals surface area contributed by atoms with Gasteiger partial charge < -0.3 is 9.47 Å². The summed E-state index contributed by atoms with van der Waals surface area (Å²) in [7, 11) is 1.59. The van der Waals surface area contributed by atoms with Gasteiger partial charge in [0.1, 0.15) is 11.4 Å². The maximum Gasteiger partial charge on any atom is 0.312 e. The van der Waals surface area contributed by atoms with Crippen molar-refractivity contribution in [2.45, 2.75) is 45.1 Å². The number of benzene rings is 1. The minimum atomic E-state index is -0.472. The fourth-order valence-corrected chi connectivity index (χ4v) is 3.48. The number of aryl methyl sites for hydroxylation is 1. The average Bonchev–Trinajstić information content (AvgIpc) is 3.07. The van der Waals surface area contributed by atoms with E-state index in [4.69, 9.17) is 21.1 Å². The van der Waals surface area contributed by atoms with Crippen molar-refractivity contribution < 1.29 is 14.4 Å². The second-order valence-electron chi connectivity index (χ2n) is 6.32. The molecular formula is C18H20ClN3O4. The summed E-state index contributed by atoms with van der Waals surface area (Å²) in [5, 5.41) is 11.4. The largest absolute Gasteiger partial charge is 0.493 e. The normalized spacial score (nSPS) is 14.4. The summed E-state index contributed by atoms with van der Waals surface area (Å²) in [6.45, 7) is 1.55. The minimum absolute atomic E-state index is 0.000888. The smallest absolute Gasteiger partial charge is 0.312 e. The molecule has 0 bridgehead atoms. The molecule has 0 N–H and O–H groups in total. The molecule has 26 heavy (non-hydrogen) atoms. The Labute approximate surface area is 156 Å². The number of nitrogens with zero attached hydrogens (tertiary/aromatic N) is 3. The molecule has 1 heterocycles. The molecule has 8 heteroatoms. The van der Waals surface area contributed by atoms with Gasteiger partial charge in [-0.15, -0.1) is 0 Å². The number of methoxy groups -OCH3 is 1. The van der Waals surface area contributed by atoms with E-state index in [0.29, 0.717) is 11.5 Å². The van der Waals surface area contributed by atoms with Crippen molar-refractivity contribution in [2.24, 2.45) is 0 Å². The first-order valence-corrected chi connectivity index (χ1v) is 8.86. The molecule has 1 aliphatic carbocycles. The Morgan fingerprint density at radius 2 is 2.00 bits per heavy atom. The number of hydrogen-bond acceptors (Lipinski definition) is 6. The molecule has 0 unspecified atom stereocenters. The van der Waals surface area contributed by atoms with Gasteiger partial charge in [0.2, 0.25) is 5.28 Å². The van der Waals surface area contributed by atoms with Crippen LogP contribution >= 0.6 is 11.6 Å². The van der Waals surface area contributed by atoms with Gasteiger partial charge in [-0.25, -0.2) is 9.97 Å². The second kappa shape index (κ2) is 7.86. The Morgan fingerprint density at radius 1 is 1.27 bits per heavy atom. The van der Waals surface area contributed by atoms with Crippen LogP contribution in [0.2, 0.25) is 5.28 Å².